The molecule has 1 amide bonds. The van der Waals surface area contributed by atoms with Gasteiger partial charge >= 0.3 is 0 Å². The third-order valence-corrected chi connectivity index (χ3v) is 7.03. The van der Waals surface area contributed by atoms with E-state index >= 15 is 0 Å². The largest absolute Gasteiger partial charge is 0.337 e. The maximum atomic E-state index is 13.2. The van der Waals surface area contributed by atoms with Crippen LogP contribution in [0.15, 0.2) is 42.5 Å². The number of carbonyl (C=O) groups is 1. The van der Waals surface area contributed by atoms with Crippen LogP contribution in [0.25, 0.3) is 0 Å². The van der Waals surface area contributed by atoms with Crippen molar-refractivity contribution in [2.75, 3.05) is 6.54 Å². The van der Waals surface area contributed by atoms with Crippen molar-refractivity contribution < 1.29 is 4.79 Å². The first-order valence-electron chi connectivity index (χ1n) is 10.3. The van der Waals surface area contributed by atoms with Gasteiger partial charge in [-0.1, -0.05) is 30.3 Å². The number of carbonyl (C=O) groups excluding carboxylic acids is 1. The summed E-state index contributed by atoms with van der Waals surface area (Å²) in [7, 11) is 0. The molecular formula is C23H30N2OS. The molecule has 2 aliphatic rings. The fourth-order valence-electron chi connectivity index (χ4n) is 4.68. The summed E-state index contributed by atoms with van der Waals surface area (Å²) in [6, 6.07) is 16.2. The van der Waals surface area contributed by atoms with Crippen molar-refractivity contribution in [3.8, 4) is 0 Å². The monoisotopic (exact) mass is 382 g/mol. The molecule has 3 nitrogen and oxygen atoms in total. The number of amides is 1. The van der Waals surface area contributed by atoms with E-state index in [0.717, 1.165) is 19.5 Å². The molecule has 4 heteroatoms. The summed E-state index contributed by atoms with van der Waals surface area (Å²) in [5.41, 5.74) is 1.30. The summed E-state index contributed by atoms with van der Waals surface area (Å²) < 4.78 is 0. The molecule has 2 unspecified atom stereocenters. The number of rotatable bonds is 7. The smallest absolute Gasteiger partial charge is 0.223 e. The minimum absolute atomic E-state index is 0.336. The molecule has 144 valence electrons. The Labute approximate surface area is 166 Å². The van der Waals surface area contributed by atoms with Gasteiger partial charge < -0.3 is 10.2 Å². The van der Waals surface area contributed by atoms with Crippen molar-refractivity contribution in [2.45, 2.75) is 64.1 Å². The van der Waals surface area contributed by atoms with Gasteiger partial charge in [-0.15, -0.1) is 11.3 Å². The van der Waals surface area contributed by atoms with Gasteiger partial charge in [-0.05, 0) is 62.6 Å². The Morgan fingerprint density at radius 3 is 2.52 bits per heavy atom. The summed E-state index contributed by atoms with van der Waals surface area (Å²) in [6.45, 7) is 3.69. The van der Waals surface area contributed by atoms with Crippen LogP contribution in [0, 0.1) is 12.8 Å². The quantitative estimate of drug-likeness (QED) is 0.762. The first kappa shape index (κ1) is 18.7. The number of piperidine rings is 1. The Hall–Kier alpha value is -1.65. The molecule has 0 spiro atoms. The molecule has 3 heterocycles. The average Bonchev–Trinajstić information content (AvgIpc) is 3.23. The van der Waals surface area contributed by atoms with E-state index in [0.29, 0.717) is 30.3 Å². The van der Waals surface area contributed by atoms with Crippen molar-refractivity contribution in [1.82, 2.24) is 10.2 Å². The Morgan fingerprint density at radius 2 is 1.85 bits per heavy atom. The highest BCUT2D eigenvalue weighted by atomic mass is 32.1. The Morgan fingerprint density at radius 1 is 1.11 bits per heavy atom. The normalized spacial score (nSPS) is 24.1. The molecule has 2 aromatic rings. The molecule has 2 fully saturated rings. The van der Waals surface area contributed by atoms with Gasteiger partial charge in [0.2, 0.25) is 5.91 Å². The van der Waals surface area contributed by atoms with Crippen LogP contribution >= 0.6 is 11.3 Å². The van der Waals surface area contributed by atoms with Gasteiger partial charge in [-0.3, -0.25) is 4.79 Å². The summed E-state index contributed by atoms with van der Waals surface area (Å²) in [4.78, 5) is 17.9. The topological polar surface area (TPSA) is 32.3 Å². The zero-order valence-electron chi connectivity index (χ0n) is 16.2. The molecule has 0 aliphatic carbocycles. The molecular weight excluding hydrogens is 352 g/mol. The zero-order chi connectivity index (χ0) is 18.6. The number of thiophene rings is 1. The molecule has 2 atom stereocenters. The molecule has 4 rings (SSSR count). The van der Waals surface area contributed by atoms with Crippen LogP contribution in [-0.4, -0.2) is 29.4 Å². The molecule has 2 saturated heterocycles. The van der Waals surface area contributed by atoms with Gasteiger partial charge in [0, 0.05) is 34.8 Å². The lowest BCUT2D eigenvalue weighted by Gasteiger charge is -2.31. The number of hydrogen-bond donors (Lipinski definition) is 1. The van der Waals surface area contributed by atoms with Crippen LogP contribution < -0.4 is 5.32 Å². The third kappa shape index (κ3) is 4.99. The molecule has 0 saturated carbocycles. The van der Waals surface area contributed by atoms with Crippen LogP contribution in [0.4, 0.5) is 0 Å². The molecule has 2 bridgehead atoms. The Balaban J connectivity index is 1.40. The van der Waals surface area contributed by atoms with Crippen molar-refractivity contribution in [2.24, 2.45) is 5.92 Å². The highest BCUT2D eigenvalue weighted by Crippen LogP contribution is 2.33. The maximum Gasteiger partial charge on any atom is 0.223 e. The highest BCUT2D eigenvalue weighted by molar-refractivity contribution is 7.11. The first-order valence-corrected chi connectivity index (χ1v) is 11.1. The highest BCUT2D eigenvalue weighted by Gasteiger charge is 2.34. The van der Waals surface area contributed by atoms with E-state index in [1.165, 1.54) is 41.0 Å². The first-order chi connectivity index (χ1) is 13.2. The van der Waals surface area contributed by atoms with Gasteiger partial charge in [-0.25, -0.2) is 0 Å². The maximum absolute atomic E-state index is 13.2. The number of hydrogen-bond acceptors (Lipinski definition) is 3. The average molecular weight is 383 g/mol. The minimum Gasteiger partial charge on any atom is -0.337 e. The van der Waals surface area contributed by atoms with Gasteiger partial charge in [0.25, 0.3) is 0 Å². The van der Waals surface area contributed by atoms with Crippen molar-refractivity contribution in [1.29, 1.82) is 0 Å². The van der Waals surface area contributed by atoms with Crippen molar-refractivity contribution in [3.05, 3.63) is 57.8 Å². The summed E-state index contributed by atoms with van der Waals surface area (Å²) >= 11 is 1.81. The van der Waals surface area contributed by atoms with Crippen LogP contribution in [0.2, 0.25) is 0 Å². The lowest BCUT2D eigenvalue weighted by atomic mass is 9.89. The minimum atomic E-state index is 0.336. The standard InChI is InChI=1S/C23H30N2OS/c1-17-7-10-22(27-17)16-25(12-11-18-5-3-2-4-6-18)23(26)15-19-13-20-8-9-21(14-19)24-20/h2-7,10,19-21,24H,8-9,11-16H2,1H3. The predicted molar refractivity (Wildman–Crippen MR) is 112 cm³/mol. The fourth-order valence-corrected chi connectivity index (χ4v) is 5.58. The number of fused-ring (bicyclic) bond motifs is 2. The van der Waals surface area contributed by atoms with Gasteiger partial charge in [0.05, 0.1) is 6.54 Å². The molecule has 0 radical (unpaired) electrons. The molecule has 1 aromatic heterocycles. The van der Waals surface area contributed by atoms with Crippen LogP contribution in [0.1, 0.15) is 47.4 Å². The van der Waals surface area contributed by atoms with Gasteiger partial charge in [-0.2, -0.15) is 0 Å². The van der Waals surface area contributed by atoms with Crippen molar-refractivity contribution >= 4 is 17.2 Å². The second-order valence-electron chi connectivity index (χ2n) is 8.24. The van der Waals surface area contributed by atoms with Gasteiger partial charge in [0.1, 0.15) is 0 Å². The summed E-state index contributed by atoms with van der Waals surface area (Å²) in [5.74, 6) is 0.892. The summed E-state index contributed by atoms with van der Waals surface area (Å²) in [5, 5.41) is 3.69. The molecule has 2 aliphatic heterocycles. The van der Waals surface area contributed by atoms with E-state index in [9.17, 15) is 4.79 Å². The number of benzene rings is 1. The number of nitrogens with zero attached hydrogens (tertiary/aromatic N) is 1. The van der Waals surface area contributed by atoms with Crippen LogP contribution in [0.3, 0.4) is 0 Å². The van der Waals surface area contributed by atoms with E-state index in [1.807, 2.05) is 17.4 Å². The Kier molecular flexibility index (Phi) is 5.94. The third-order valence-electron chi connectivity index (χ3n) is 6.04. The lowest BCUT2D eigenvalue weighted by Crippen LogP contribution is -2.40. The van der Waals surface area contributed by atoms with E-state index < -0.39 is 0 Å². The van der Waals surface area contributed by atoms with E-state index in [4.69, 9.17) is 0 Å². The van der Waals surface area contributed by atoms with Crippen LogP contribution in [0.5, 0.6) is 0 Å². The number of nitrogens with one attached hydrogen (secondary N) is 1. The second-order valence-corrected chi connectivity index (χ2v) is 9.62. The van der Waals surface area contributed by atoms with Crippen LogP contribution in [-0.2, 0) is 17.8 Å². The second kappa shape index (κ2) is 8.57. The Bertz CT molecular complexity index is 745. The zero-order valence-corrected chi connectivity index (χ0v) is 17.0. The SMILES string of the molecule is Cc1ccc(CN(CCc2ccccc2)C(=O)CC2CC3CCC(C2)N3)s1. The molecule has 1 N–H and O–H groups in total. The molecule has 1 aromatic carbocycles. The number of aryl methyl sites for hydroxylation is 1. The van der Waals surface area contributed by atoms with E-state index in [2.05, 4.69) is 53.5 Å². The van der Waals surface area contributed by atoms with E-state index in [-0.39, 0.29) is 0 Å². The summed E-state index contributed by atoms with van der Waals surface area (Å²) in [6.07, 6.45) is 6.57. The van der Waals surface area contributed by atoms with E-state index in [1.54, 1.807) is 0 Å². The van der Waals surface area contributed by atoms with Crippen molar-refractivity contribution in [3.63, 3.8) is 0 Å². The fraction of sp³-hybridized carbons (Fsp3) is 0.522. The van der Waals surface area contributed by atoms with Gasteiger partial charge in [0.15, 0.2) is 0 Å². The lowest BCUT2D eigenvalue weighted by molar-refractivity contribution is -0.133. The predicted octanol–water partition coefficient (Wildman–Crippen LogP) is 4.55. The molecule has 27 heavy (non-hydrogen) atoms.